The van der Waals surface area contributed by atoms with E-state index in [0.29, 0.717) is 18.8 Å². The standard InChI is InChI=1S/C10H18N4O2S/c1-3-9-12-7-10(13-9)17(15,16)14(2)8-4-5-11-6-8/h7-8,11H,3-6H2,1-2H3,(H,12,13). The van der Waals surface area contributed by atoms with Crippen molar-refractivity contribution in [2.75, 3.05) is 20.1 Å². The highest BCUT2D eigenvalue weighted by Gasteiger charge is 2.31. The van der Waals surface area contributed by atoms with Crippen LogP contribution in [0.15, 0.2) is 11.2 Å². The van der Waals surface area contributed by atoms with E-state index in [4.69, 9.17) is 0 Å². The molecule has 0 saturated carbocycles. The summed E-state index contributed by atoms with van der Waals surface area (Å²) in [5.41, 5.74) is 0. The highest BCUT2D eigenvalue weighted by molar-refractivity contribution is 7.89. The highest BCUT2D eigenvalue weighted by atomic mass is 32.2. The summed E-state index contributed by atoms with van der Waals surface area (Å²) in [6.45, 7) is 3.51. The Morgan fingerprint density at radius 1 is 1.59 bits per heavy atom. The lowest BCUT2D eigenvalue weighted by atomic mass is 10.3. The average Bonchev–Trinajstić information content (AvgIpc) is 2.98. The van der Waals surface area contributed by atoms with Gasteiger partial charge >= 0.3 is 0 Å². The van der Waals surface area contributed by atoms with Crippen molar-refractivity contribution in [3.63, 3.8) is 0 Å². The van der Waals surface area contributed by atoms with Crippen molar-refractivity contribution in [2.24, 2.45) is 0 Å². The topological polar surface area (TPSA) is 78.1 Å². The van der Waals surface area contributed by atoms with Crippen molar-refractivity contribution in [3.8, 4) is 0 Å². The molecular formula is C10H18N4O2S. The van der Waals surface area contributed by atoms with E-state index < -0.39 is 10.0 Å². The maximum atomic E-state index is 12.3. The number of aromatic nitrogens is 2. The summed E-state index contributed by atoms with van der Waals surface area (Å²) in [4.78, 5) is 6.88. The number of aromatic amines is 1. The van der Waals surface area contributed by atoms with Crippen LogP contribution in [0, 0.1) is 0 Å². The molecule has 1 fully saturated rings. The molecule has 0 aliphatic carbocycles. The molecule has 1 aromatic rings. The van der Waals surface area contributed by atoms with E-state index in [1.165, 1.54) is 10.5 Å². The summed E-state index contributed by atoms with van der Waals surface area (Å²) in [5.74, 6) is 0.696. The summed E-state index contributed by atoms with van der Waals surface area (Å²) in [6.07, 6.45) is 2.95. The molecule has 96 valence electrons. The minimum Gasteiger partial charge on any atom is -0.332 e. The molecule has 17 heavy (non-hydrogen) atoms. The summed E-state index contributed by atoms with van der Waals surface area (Å²) in [6, 6.07) is 0.0355. The van der Waals surface area contributed by atoms with Gasteiger partial charge in [0.2, 0.25) is 0 Å². The molecule has 1 unspecified atom stereocenters. The van der Waals surface area contributed by atoms with Gasteiger partial charge in [-0.05, 0) is 13.0 Å². The number of sulfonamides is 1. The zero-order valence-electron chi connectivity index (χ0n) is 10.1. The van der Waals surface area contributed by atoms with Gasteiger partial charge in [0, 0.05) is 26.1 Å². The molecular weight excluding hydrogens is 240 g/mol. The third-order valence-corrected chi connectivity index (χ3v) is 4.97. The molecule has 0 bridgehead atoms. The Kier molecular flexibility index (Phi) is 3.50. The minimum absolute atomic E-state index is 0.0355. The number of likely N-dealkylation sites (N-methyl/N-ethyl adjacent to an activating group) is 1. The van der Waals surface area contributed by atoms with Crippen LogP contribution < -0.4 is 5.32 Å². The lowest BCUT2D eigenvalue weighted by Gasteiger charge is -2.21. The Hall–Kier alpha value is -0.920. The van der Waals surface area contributed by atoms with Gasteiger partial charge in [0.15, 0.2) is 5.03 Å². The number of H-pyrrole nitrogens is 1. The van der Waals surface area contributed by atoms with Crippen molar-refractivity contribution < 1.29 is 8.42 Å². The number of hydrogen-bond acceptors (Lipinski definition) is 4. The molecule has 1 aliphatic heterocycles. The molecule has 2 rings (SSSR count). The van der Waals surface area contributed by atoms with Gasteiger partial charge in [0.25, 0.3) is 10.0 Å². The van der Waals surface area contributed by atoms with Gasteiger partial charge in [0.05, 0.1) is 6.20 Å². The third kappa shape index (κ3) is 2.36. The van der Waals surface area contributed by atoms with Gasteiger partial charge in [-0.15, -0.1) is 0 Å². The van der Waals surface area contributed by atoms with E-state index >= 15 is 0 Å². The van der Waals surface area contributed by atoms with Crippen LogP contribution in [-0.2, 0) is 16.4 Å². The van der Waals surface area contributed by atoms with E-state index in [-0.39, 0.29) is 11.1 Å². The fraction of sp³-hybridized carbons (Fsp3) is 0.700. The van der Waals surface area contributed by atoms with Gasteiger partial charge < -0.3 is 10.3 Å². The number of rotatable bonds is 4. The molecule has 6 nitrogen and oxygen atoms in total. The van der Waals surface area contributed by atoms with Crippen molar-refractivity contribution >= 4 is 10.0 Å². The predicted octanol–water partition coefficient (Wildman–Crippen LogP) is -0.0455. The Morgan fingerprint density at radius 2 is 2.35 bits per heavy atom. The van der Waals surface area contributed by atoms with Gasteiger partial charge in [-0.25, -0.2) is 13.4 Å². The van der Waals surface area contributed by atoms with E-state index in [9.17, 15) is 8.42 Å². The zero-order chi connectivity index (χ0) is 12.5. The number of nitrogens with zero attached hydrogens (tertiary/aromatic N) is 2. The van der Waals surface area contributed by atoms with Crippen molar-refractivity contribution in [3.05, 3.63) is 12.0 Å². The van der Waals surface area contributed by atoms with Crippen molar-refractivity contribution in [1.29, 1.82) is 0 Å². The number of nitrogens with one attached hydrogen (secondary N) is 2. The second-order valence-corrected chi connectivity index (χ2v) is 6.18. The highest BCUT2D eigenvalue weighted by Crippen LogP contribution is 2.17. The van der Waals surface area contributed by atoms with Crippen LogP contribution in [0.2, 0.25) is 0 Å². The van der Waals surface area contributed by atoms with E-state index in [0.717, 1.165) is 13.0 Å². The molecule has 2 N–H and O–H groups in total. The monoisotopic (exact) mass is 258 g/mol. The zero-order valence-corrected chi connectivity index (χ0v) is 10.9. The summed E-state index contributed by atoms with van der Waals surface area (Å²) in [5, 5.41) is 3.35. The first-order chi connectivity index (χ1) is 8.05. The smallest absolute Gasteiger partial charge is 0.260 e. The SMILES string of the molecule is CCc1ncc(S(=O)(=O)N(C)C2CCNC2)[nH]1. The molecule has 0 amide bonds. The summed E-state index contributed by atoms with van der Waals surface area (Å²) < 4.78 is 26.0. The first kappa shape index (κ1) is 12.5. The van der Waals surface area contributed by atoms with Crippen LogP contribution >= 0.6 is 0 Å². The number of imidazole rings is 1. The van der Waals surface area contributed by atoms with Crippen LogP contribution in [0.1, 0.15) is 19.2 Å². The first-order valence-corrected chi connectivity index (χ1v) is 7.22. The third-order valence-electron chi connectivity index (χ3n) is 3.15. The van der Waals surface area contributed by atoms with Crippen LogP contribution in [0.25, 0.3) is 0 Å². The molecule has 1 aliphatic rings. The Bertz CT molecular complexity index is 476. The second-order valence-electron chi connectivity index (χ2n) is 4.22. The van der Waals surface area contributed by atoms with Gasteiger partial charge in [-0.3, -0.25) is 0 Å². The van der Waals surface area contributed by atoms with Crippen molar-refractivity contribution in [2.45, 2.75) is 30.8 Å². The maximum absolute atomic E-state index is 12.3. The van der Waals surface area contributed by atoms with Crippen LogP contribution in [0.5, 0.6) is 0 Å². The van der Waals surface area contributed by atoms with E-state index in [2.05, 4.69) is 15.3 Å². The van der Waals surface area contributed by atoms with Crippen LogP contribution in [0.3, 0.4) is 0 Å². The lowest BCUT2D eigenvalue weighted by Crippen LogP contribution is -2.38. The fourth-order valence-electron chi connectivity index (χ4n) is 1.96. The molecule has 0 aromatic carbocycles. The second kappa shape index (κ2) is 4.75. The largest absolute Gasteiger partial charge is 0.332 e. The number of aryl methyl sites for hydroxylation is 1. The van der Waals surface area contributed by atoms with Gasteiger partial charge in [0.1, 0.15) is 5.82 Å². The van der Waals surface area contributed by atoms with E-state index in [1.54, 1.807) is 7.05 Å². The van der Waals surface area contributed by atoms with Crippen molar-refractivity contribution in [1.82, 2.24) is 19.6 Å². The minimum atomic E-state index is -3.44. The summed E-state index contributed by atoms with van der Waals surface area (Å²) in [7, 11) is -1.81. The molecule has 0 radical (unpaired) electrons. The molecule has 7 heteroatoms. The molecule has 1 aromatic heterocycles. The van der Waals surface area contributed by atoms with Crippen LogP contribution in [0.4, 0.5) is 0 Å². The van der Waals surface area contributed by atoms with Crippen LogP contribution in [-0.4, -0.2) is 48.9 Å². The van der Waals surface area contributed by atoms with Gasteiger partial charge in [-0.1, -0.05) is 6.92 Å². The summed E-state index contributed by atoms with van der Waals surface area (Å²) >= 11 is 0. The Morgan fingerprint density at radius 3 is 2.88 bits per heavy atom. The normalized spacial score (nSPS) is 21.2. The average molecular weight is 258 g/mol. The maximum Gasteiger partial charge on any atom is 0.260 e. The Labute approximate surface area is 101 Å². The lowest BCUT2D eigenvalue weighted by molar-refractivity contribution is 0.386. The Balaban J connectivity index is 2.22. The first-order valence-electron chi connectivity index (χ1n) is 5.78. The molecule has 2 heterocycles. The predicted molar refractivity (Wildman–Crippen MR) is 64.2 cm³/mol. The van der Waals surface area contributed by atoms with Gasteiger partial charge in [-0.2, -0.15) is 4.31 Å². The quantitative estimate of drug-likeness (QED) is 0.794. The molecule has 1 saturated heterocycles. The molecule has 0 spiro atoms. The molecule has 1 atom stereocenters. The fourth-order valence-corrected chi connectivity index (χ4v) is 3.27. The van der Waals surface area contributed by atoms with E-state index in [1.807, 2.05) is 6.92 Å². The number of hydrogen-bond donors (Lipinski definition) is 2.